The molecule has 8 heteroatoms. The first kappa shape index (κ1) is 24.3. The van der Waals surface area contributed by atoms with Crippen molar-refractivity contribution in [2.75, 3.05) is 7.11 Å². The summed E-state index contributed by atoms with van der Waals surface area (Å²) in [6.07, 6.45) is -1.39. The molecule has 0 saturated carbocycles. The van der Waals surface area contributed by atoms with Crippen LogP contribution in [-0.4, -0.2) is 42.1 Å². The van der Waals surface area contributed by atoms with E-state index in [2.05, 4.69) is 5.32 Å². The average molecular weight is 409 g/mol. The van der Waals surface area contributed by atoms with Crippen molar-refractivity contribution in [2.24, 2.45) is 0 Å². The lowest BCUT2D eigenvalue weighted by atomic mass is 9.93. The SMILES string of the molecule is COC(=O)[C@](C)(Cc1ccc(OC(=O)OC(C)(C)C)cc1)NC(=O)OC(C)(C)C. The summed E-state index contributed by atoms with van der Waals surface area (Å²) in [6.45, 7) is 11.9. The van der Waals surface area contributed by atoms with Crippen molar-refractivity contribution in [3.8, 4) is 5.75 Å². The highest BCUT2D eigenvalue weighted by atomic mass is 16.7. The van der Waals surface area contributed by atoms with Gasteiger partial charge in [-0.15, -0.1) is 0 Å². The summed E-state index contributed by atoms with van der Waals surface area (Å²) in [4.78, 5) is 36.2. The predicted molar refractivity (Wildman–Crippen MR) is 107 cm³/mol. The Bertz CT molecular complexity index is 729. The molecule has 0 unspecified atom stereocenters. The minimum absolute atomic E-state index is 0.144. The van der Waals surface area contributed by atoms with E-state index in [9.17, 15) is 14.4 Å². The van der Waals surface area contributed by atoms with Gasteiger partial charge in [-0.25, -0.2) is 14.4 Å². The molecule has 0 heterocycles. The van der Waals surface area contributed by atoms with Crippen LogP contribution in [0.4, 0.5) is 9.59 Å². The third kappa shape index (κ3) is 8.85. The lowest BCUT2D eigenvalue weighted by Gasteiger charge is -2.29. The Morgan fingerprint density at radius 1 is 0.862 bits per heavy atom. The Morgan fingerprint density at radius 3 is 1.83 bits per heavy atom. The highest BCUT2D eigenvalue weighted by molar-refractivity contribution is 5.85. The summed E-state index contributed by atoms with van der Waals surface area (Å²) in [7, 11) is 1.25. The highest BCUT2D eigenvalue weighted by Gasteiger charge is 2.37. The van der Waals surface area contributed by atoms with E-state index in [1.165, 1.54) is 7.11 Å². The fourth-order valence-electron chi connectivity index (χ4n) is 2.37. The molecule has 1 aromatic carbocycles. The van der Waals surface area contributed by atoms with Crippen molar-refractivity contribution in [3.63, 3.8) is 0 Å². The van der Waals surface area contributed by atoms with Crippen LogP contribution in [0.3, 0.4) is 0 Å². The van der Waals surface area contributed by atoms with Crippen LogP contribution >= 0.6 is 0 Å². The average Bonchev–Trinajstić information content (AvgIpc) is 2.52. The zero-order chi connectivity index (χ0) is 22.5. The number of carbonyl (C=O) groups excluding carboxylic acids is 3. The van der Waals surface area contributed by atoms with E-state index < -0.39 is 35.0 Å². The molecule has 0 saturated heterocycles. The Balaban J connectivity index is 2.88. The van der Waals surface area contributed by atoms with Gasteiger partial charge in [0.2, 0.25) is 0 Å². The maximum atomic E-state index is 12.3. The van der Waals surface area contributed by atoms with Crippen LogP contribution in [-0.2, 0) is 25.4 Å². The van der Waals surface area contributed by atoms with Gasteiger partial charge in [0.1, 0.15) is 22.5 Å². The number of hydrogen-bond acceptors (Lipinski definition) is 7. The van der Waals surface area contributed by atoms with Gasteiger partial charge in [-0.1, -0.05) is 12.1 Å². The monoisotopic (exact) mass is 409 g/mol. The molecule has 1 N–H and O–H groups in total. The van der Waals surface area contributed by atoms with E-state index in [1.807, 2.05) is 0 Å². The molecule has 0 bridgehead atoms. The molecule has 162 valence electrons. The fraction of sp³-hybridized carbons (Fsp3) is 0.571. The van der Waals surface area contributed by atoms with Gasteiger partial charge in [0.05, 0.1) is 7.11 Å². The number of amides is 1. The van der Waals surface area contributed by atoms with Crippen LogP contribution in [0.25, 0.3) is 0 Å². The maximum Gasteiger partial charge on any atom is 0.514 e. The van der Waals surface area contributed by atoms with Gasteiger partial charge < -0.3 is 24.3 Å². The van der Waals surface area contributed by atoms with Crippen LogP contribution in [0.2, 0.25) is 0 Å². The number of ether oxygens (including phenoxy) is 4. The summed E-state index contributed by atoms with van der Waals surface area (Å²) in [6, 6.07) is 6.50. The molecule has 1 atom stereocenters. The molecular weight excluding hydrogens is 378 g/mol. The number of hydrogen-bond donors (Lipinski definition) is 1. The molecule has 0 fully saturated rings. The van der Waals surface area contributed by atoms with Crippen LogP contribution in [0.5, 0.6) is 5.75 Å². The van der Waals surface area contributed by atoms with E-state index in [0.29, 0.717) is 11.3 Å². The van der Waals surface area contributed by atoms with Crippen molar-refractivity contribution in [2.45, 2.75) is 71.6 Å². The summed E-state index contributed by atoms with van der Waals surface area (Å²) < 4.78 is 20.3. The largest absolute Gasteiger partial charge is 0.514 e. The molecule has 0 aliphatic rings. The first-order chi connectivity index (χ1) is 13.1. The first-order valence-electron chi connectivity index (χ1n) is 9.23. The van der Waals surface area contributed by atoms with Crippen LogP contribution in [0, 0.1) is 0 Å². The van der Waals surface area contributed by atoms with Gasteiger partial charge in [0.25, 0.3) is 0 Å². The molecule has 0 aliphatic heterocycles. The second kappa shape index (κ2) is 9.15. The second-order valence-corrected chi connectivity index (χ2v) is 8.84. The second-order valence-electron chi connectivity index (χ2n) is 8.84. The third-order valence-corrected chi connectivity index (χ3v) is 3.48. The molecule has 29 heavy (non-hydrogen) atoms. The zero-order valence-electron chi connectivity index (χ0n) is 18.4. The van der Waals surface area contributed by atoms with E-state index >= 15 is 0 Å². The minimum atomic E-state index is -1.34. The molecule has 0 spiro atoms. The minimum Gasteiger partial charge on any atom is -0.467 e. The normalized spacial score (nSPS) is 13.7. The maximum absolute atomic E-state index is 12.3. The van der Waals surface area contributed by atoms with Crippen molar-refractivity contribution in [1.82, 2.24) is 5.32 Å². The molecular formula is C21H31NO7. The highest BCUT2D eigenvalue weighted by Crippen LogP contribution is 2.20. The molecule has 0 aliphatic carbocycles. The number of carbonyl (C=O) groups is 3. The Kier molecular flexibility index (Phi) is 7.66. The van der Waals surface area contributed by atoms with Crippen molar-refractivity contribution < 1.29 is 33.3 Å². The molecule has 1 rings (SSSR count). The Morgan fingerprint density at radius 2 is 1.38 bits per heavy atom. The van der Waals surface area contributed by atoms with E-state index in [4.69, 9.17) is 18.9 Å². The fourth-order valence-corrected chi connectivity index (χ4v) is 2.37. The van der Waals surface area contributed by atoms with Gasteiger partial charge in [-0.3, -0.25) is 0 Å². The molecule has 1 aromatic rings. The molecule has 0 aromatic heterocycles. The van der Waals surface area contributed by atoms with Gasteiger partial charge in [0.15, 0.2) is 0 Å². The van der Waals surface area contributed by atoms with Crippen molar-refractivity contribution in [3.05, 3.63) is 29.8 Å². The van der Waals surface area contributed by atoms with E-state index in [0.717, 1.165) is 0 Å². The van der Waals surface area contributed by atoms with Gasteiger partial charge in [0, 0.05) is 6.42 Å². The van der Waals surface area contributed by atoms with Crippen LogP contribution in [0.1, 0.15) is 54.0 Å². The third-order valence-electron chi connectivity index (χ3n) is 3.48. The van der Waals surface area contributed by atoms with Crippen LogP contribution < -0.4 is 10.1 Å². The zero-order valence-corrected chi connectivity index (χ0v) is 18.4. The molecule has 0 radical (unpaired) electrons. The standard InChI is InChI=1S/C21H31NO7/c1-19(2,3)28-17(24)22-21(7,16(23)26-8)13-14-9-11-15(12-10-14)27-18(25)29-20(4,5)6/h9-12H,13H2,1-8H3,(H,22,24)/t21-/m0/s1. The number of benzene rings is 1. The van der Waals surface area contributed by atoms with Crippen LogP contribution in [0.15, 0.2) is 24.3 Å². The summed E-state index contributed by atoms with van der Waals surface area (Å²) in [5, 5.41) is 2.58. The number of esters is 1. The van der Waals surface area contributed by atoms with Gasteiger partial charge in [-0.2, -0.15) is 0 Å². The lowest BCUT2D eigenvalue weighted by Crippen LogP contribution is -2.55. The lowest BCUT2D eigenvalue weighted by molar-refractivity contribution is -0.147. The number of methoxy groups -OCH3 is 1. The summed E-state index contributed by atoms with van der Waals surface area (Å²) in [5.41, 5.74) is -2.00. The number of rotatable bonds is 5. The summed E-state index contributed by atoms with van der Waals surface area (Å²) >= 11 is 0. The smallest absolute Gasteiger partial charge is 0.467 e. The van der Waals surface area contributed by atoms with E-state index in [-0.39, 0.29) is 6.42 Å². The Hall–Kier alpha value is -2.77. The molecule has 8 nitrogen and oxygen atoms in total. The topological polar surface area (TPSA) is 100 Å². The van der Waals surface area contributed by atoms with Gasteiger partial charge >= 0.3 is 18.2 Å². The van der Waals surface area contributed by atoms with Gasteiger partial charge in [-0.05, 0) is 66.2 Å². The molecule has 1 amide bonds. The summed E-state index contributed by atoms with van der Waals surface area (Å²) in [5.74, 6) is -0.319. The van der Waals surface area contributed by atoms with Crippen molar-refractivity contribution >= 4 is 18.2 Å². The Labute approximate surface area is 171 Å². The number of nitrogens with one attached hydrogen (secondary N) is 1. The van der Waals surface area contributed by atoms with E-state index in [1.54, 1.807) is 72.7 Å². The van der Waals surface area contributed by atoms with Crippen molar-refractivity contribution in [1.29, 1.82) is 0 Å². The predicted octanol–water partition coefficient (Wildman–Crippen LogP) is 4.00. The number of alkyl carbamates (subject to hydrolysis) is 1. The first-order valence-corrected chi connectivity index (χ1v) is 9.23. The quantitative estimate of drug-likeness (QED) is 0.446.